The summed E-state index contributed by atoms with van der Waals surface area (Å²) >= 11 is 0. The van der Waals surface area contributed by atoms with Crippen molar-refractivity contribution in [1.82, 2.24) is 0 Å². The van der Waals surface area contributed by atoms with Crippen molar-refractivity contribution in [2.75, 3.05) is 18.0 Å². The Hall–Kier alpha value is -2.30. The summed E-state index contributed by atoms with van der Waals surface area (Å²) in [5, 5.41) is 19.8. The van der Waals surface area contributed by atoms with Gasteiger partial charge in [-0.1, -0.05) is 30.4 Å². The SMILES string of the molecule is CC1(C(=O)O)CC=CC(C(=O)O)(c2ccccc2N2CCCCC2)C1. The molecule has 2 aliphatic rings. The summed E-state index contributed by atoms with van der Waals surface area (Å²) in [6.45, 7) is 3.46. The highest BCUT2D eigenvalue weighted by Crippen LogP contribution is 2.47. The first kappa shape index (κ1) is 17.5. The largest absolute Gasteiger partial charge is 0.481 e. The van der Waals surface area contributed by atoms with Crippen molar-refractivity contribution in [3.8, 4) is 0 Å². The van der Waals surface area contributed by atoms with Crippen LogP contribution in [0.3, 0.4) is 0 Å². The maximum atomic E-state index is 12.4. The second-order valence-electron chi connectivity index (χ2n) is 7.49. The van der Waals surface area contributed by atoms with E-state index in [0.717, 1.165) is 31.6 Å². The van der Waals surface area contributed by atoms with Gasteiger partial charge in [0.05, 0.1) is 5.41 Å². The molecule has 1 aliphatic carbocycles. The van der Waals surface area contributed by atoms with Gasteiger partial charge < -0.3 is 15.1 Å². The molecule has 1 heterocycles. The van der Waals surface area contributed by atoms with Gasteiger partial charge in [-0.15, -0.1) is 0 Å². The molecule has 0 spiro atoms. The van der Waals surface area contributed by atoms with Crippen LogP contribution in [-0.2, 0) is 15.0 Å². The van der Waals surface area contributed by atoms with Crippen LogP contribution in [0.25, 0.3) is 0 Å². The third-order valence-corrected chi connectivity index (χ3v) is 5.62. The standard InChI is InChI=1S/C20H25NO4/c1-19(17(22)23)10-7-11-20(14-19,18(24)25)15-8-3-4-9-16(15)21-12-5-2-6-13-21/h3-4,7-9,11H,2,5-6,10,12-14H2,1H3,(H,22,23)(H,24,25). The normalized spacial score (nSPS) is 29.4. The van der Waals surface area contributed by atoms with E-state index in [2.05, 4.69) is 4.90 Å². The molecule has 1 aromatic carbocycles. The number of nitrogens with zero attached hydrogens (tertiary/aromatic N) is 1. The Kier molecular flexibility index (Phi) is 4.58. The molecule has 25 heavy (non-hydrogen) atoms. The molecule has 0 radical (unpaired) electrons. The van der Waals surface area contributed by atoms with E-state index in [4.69, 9.17) is 0 Å². The number of allylic oxidation sites excluding steroid dienone is 1. The number of para-hydroxylation sites is 1. The van der Waals surface area contributed by atoms with Crippen molar-refractivity contribution < 1.29 is 19.8 Å². The topological polar surface area (TPSA) is 77.8 Å². The first-order chi connectivity index (χ1) is 11.9. The summed E-state index contributed by atoms with van der Waals surface area (Å²) in [6.07, 6.45) is 7.21. The molecule has 2 atom stereocenters. The van der Waals surface area contributed by atoms with Crippen LogP contribution >= 0.6 is 0 Å². The van der Waals surface area contributed by atoms with Crippen LogP contribution in [0, 0.1) is 5.41 Å². The smallest absolute Gasteiger partial charge is 0.318 e. The molecule has 2 N–H and O–H groups in total. The first-order valence-electron chi connectivity index (χ1n) is 8.88. The highest BCUT2D eigenvalue weighted by atomic mass is 16.4. The Balaban J connectivity index is 2.11. The molecule has 0 aromatic heterocycles. The molecule has 1 saturated heterocycles. The number of benzene rings is 1. The highest BCUT2D eigenvalue weighted by molar-refractivity contribution is 5.89. The van der Waals surface area contributed by atoms with Crippen LogP contribution in [0.5, 0.6) is 0 Å². The summed E-state index contributed by atoms with van der Waals surface area (Å²) in [4.78, 5) is 26.4. The van der Waals surface area contributed by atoms with Gasteiger partial charge in [-0.3, -0.25) is 9.59 Å². The number of aliphatic carboxylic acids is 2. The zero-order valence-electron chi connectivity index (χ0n) is 14.6. The summed E-state index contributed by atoms with van der Waals surface area (Å²) < 4.78 is 0. The Labute approximate surface area is 148 Å². The fourth-order valence-electron chi connectivity index (χ4n) is 4.14. The van der Waals surface area contributed by atoms with E-state index in [-0.39, 0.29) is 6.42 Å². The molecule has 0 amide bonds. The molecule has 1 aliphatic heterocycles. The summed E-state index contributed by atoms with van der Waals surface area (Å²) in [6, 6.07) is 7.57. The van der Waals surface area contributed by atoms with Gasteiger partial charge in [-0.25, -0.2) is 0 Å². The van der Waals surface area contributed by atoms with E-state index in [1.165, 1.54) is 6.42 Å². The minimum Gasteiger partial charge on any atom is -0.481 e. The lowest BCUT2D eigenvalue weighted by Crippen LogP contribution is -2.45. The van der Waals surface area contributed by atoms with Crippen LogP contribution in [0.4, 0.5) is 5.69 Å². The third kappa shape index (κ3) is 3.03. The number of rotatable bonds is 4. The molecule has 5 heteroatoms. The molecule has 134 valence electrons. The fraction of sp³-hybridized carbons (Fsp3) is 0.500. The van der Waals surface area contributed by atoms with Gasteiger partial charge in [0.15, 0.2) is 0 Å². The quantitative estimate of drug-likeness (QED) is 0.819. The van der Waals surface area contributed by atoms with Crippen molar-refractivity contribution in [1.29, 1.82) is 0 Å². The molecular weight excluding hydrogens is 318 g/mol. The van der Waals surface area contributed by atoms with E-state index in [0.29, 0.717) is 12.0 Å². The van der Waals surface area contributed by atoms with Gasteiger partial charge in [0.25, 0.3) is 0 Å². The Morgan fingerprint density at radius 3 is 2.36 bits per heavy atom. The molecule has 1 aromatic rings. The zero-order chi connectivity index (χ0) is 18.1. The van der Waals surface area contributed by atoms with E-state index < -0.39 is 22.8 Å². The Bertz CT molecular complexity index is 707. The van der Waals surface area contributed by atoms with Gasteiger partial charge in [0, 0.05) is 18.8 Å². The van der Waals surface area contributed by atoms with E-state index >= 15 is 0 Å². The van der Waals surface area contributed by atoms with Crippen molar-refractivity contribution in [3.63, 3.8) is 0 Å². The monoisotopic (exact) mass is 343 g/mol. The molecule has 5 nitrogen and oxygen atoms in total. The molecule has 0 saturated carbocycles. The van der Waals surface area contributed by atoms with Gasteiger partial charge in [0.1, 0.15) is 5.41 Å². The number of hydrogen-bond donors (Lipinski definition) is 2. The maximum Gasteiger partial charge on any atom is 0.318 e. The third-order valence-electron chi connectivity index (χ3n) is 5.62. The number of piperidine rings is 1. The van der Waals surface area contributed by atoms with Crippen LogP contribution in [0.2, 0.25) is 0 Å². The van der Waals surface area contributed by atoms with Crippen LogP contribution in [0.15, 0.2) is 36.4 Å². The summed E-state index contributed by atoms with van der Waals surface area (Å²) in [5.41, 5.74) is -0.765. The number of carboxylic acids is 2. The highest BCUT2D eigenvalue weighted by Gasteiger charge is 2.50. The molecule has 0 bridgehead atoms. The Morgan fingerprint density at radius 1 is 1.04 bits per heavy atom. The number of carboxylic acid groups (broad SMARTS) is 2. The van der Waals surface area contributed by atoms with Gasteiger partial charge in [-0.05, 0) is 50.7 Å². The first-order valence-corrected chi connectivity index (χ1v) is 8.88. The van der Waals surface area contributed by atoms with Crippen molar-refractivity contribution in [3.05, 3.63) is 42.0 Å². The van der Waals surface area contributed by atoms with Gasteiger partial charge >= 0.3 is 11.9 Å². The van der Waals surface area contributed by atoms with Crippen molar-refractivity contribution >= 4 is 17.6 Å². The second kappa shape index (κ2) is 6.54. The van der Waals surface area contributed by atoms with Crippen LogP contribution in [-0.4, -0.2) is 35.2 Å². The van der Waals surface area contributed by atoms with Crippen LogP contribution in [0.1, 0.15) is 44.6 Å². The molecule has 3 rings (SSSR count). The average Bonchev–Trinajstić information content (AvgIpc) is 2.62. The fourth-order valence-corrected chi connectivity index (χ4v) is 4.14. The number of carbonyl (C=O) groups is 2. The Morgan fingerprint density at radius 2 is 1.72 bits per heavy atom. The lowest BCUT2D eigenvalue weighted by Gasteiger charge is -2.41. The summed E-state index contributed by atoms with van der Waals surface area (Å²) in [7, 11) is 0. The molecule has 1 fully saturated rings. The zero-order valence-corrected chi connectivity index (χ0v) is 14.6. The minimum atomic E-state index is -1.31. The van der Waals surface area contributed by atoms with E-state index in [1.807, 2.05) is 24.3 Å². The molecular formula is C20H25NO4. The minimum absolute atomic E-state index is 0.0615. The summed E-state index contributed by atoms with van der Waals surface area (Å²) in [5.74, 6) is -1.93. The predicted octanol–water partition coefficient (Wildman–Crippen LogP) is 3.44. The predicted molar refractivity (Wildman–Crippen MR) is 95.9 cm³/mol. The van der Waals surface area contributed by atoms with Gasteiger partial charge in [0.2, 0.25) is 0 Å². The van der Waals surface area contributed by atoms with E-state index in [9.17, 15) is 19.8 Å². The van der Waals surface area contributed by atoms with E-state index in [1.54, 1.807) is 19.1 Å². The lowest BCUT2D eigenvalue weighted by molar-refractivity contribution is -0.152. The lowest BCUT2D eigenvalue weighted by atomic mass is 9.63. The van der Waals surface area contributed by atoms with Gasteiger partial charge in [-0.2, -0.15) is 0 Å². The maximum absolute atomic E-state index is 12.4. The average molecular weight is 343 g/mol. The van der Waals surface area contributed by atoms with Crippen molar-refractivity contribution in [2.45, 2.75) is 44.4 Å². The number of anilines is 1. The molecule has 2 unspecified atom stereocenters. The van der Waals surface area contributed by atoms with Crippen LogP contribution < -0.4 is 4.90 Å². The number of hydrogen-bond acceptors (Lipinski definition) is 3. The van der Waals surface area contributed by atoms with Crippen molar-refractivity contribution in [2.24, 2.45) is 5.41 Å². The second-order valence-corrected chi connectivity index (χ2v) is 7.49.